The van der Waals surface area contributed by atoms with Crippen LogP contribution in [0.3, 0.4) is 0 Å². The number of hydrogen-bond donors (Lipinski definition) is 1. The number of nitro benzene ring substituents is 1. The number of hydrogen-bond acceptors (Lipinski definition) is 6. The Morgan fingerprint density at radius 2 is 1.73 bits per heavy atom. The van der Waals surface area contributed by atoms with E-state index in [1.807, 2.05) is 0 Å². The number of sulfonamides is 1. The highest BCUT2D eigenvalue weighted by Gasteiger charge is 2.29. The van der Waals surface area contributed by atoms with Gasteiger partial charge in [0, 0.05) is 17.3 Å². The van der Waals surface area contributed by atoms with Gasteiger partial charge in [0.15, 0.2) is 0 Å². The van der Waals surface area contributed by atoms with Gasteiger partial charge in [0.05, 0.1) is 22.6 Å². The largest absolute Gasteiger partial charge is 0.497 e. The summed E-state index contributed by atoms with van der Waals surface area (Å²) in [6.45, 7) is 0.861. The minimum absolute atomic E-state index is 0.147. The number of nitrogens with zero attached hydrogens (tertiary/aromatic N) is 2. The molecule has 1 N–H and O–H groups in total. The molecule has 11 heteroatoms. The van der Waals surface area contributed by atoms with Gasteiger partial charge in [-0.3, -0.25) is 19.2 Å². The monoisotopic (exact) mass is 473 g/mol. The summed E-state index contributed by atoms with van der Waals surface area (Å²) < 4.78 is 45.9. The molecule has 0 fully saturated rings. The minimum atomic E-state index is -4.37. The van der Waals surface area contributed by atoms with Gasteiger partial charge in [-0.25, -0.2) is 12.8 Å². The number of benzene rings is 3. The van der Waals surface area contributed by atoms with Gasteiger partial charge in [0.2, 0.25) is 5.91 Å². The molecule has 0 radical (unpaired) electrons. The van der Waals surface area contributed by atoms with Crippen LogP contribution < -0.4 is 14.4 Å². The smallest absolute Gasteiger partial charge is 0.273 e. The van der Waals surface area contributed by atoms with E-state index in [4.69, 9.17) is 4.74 Å². The molecule has 0 spiro atoms. The molecule has 0 aliphatic heterocycles. The highest BCUT2D eigenvalue weighted by Crippen LogP contribution is 2.29. The number of nitro groups is 1. The van der Waals surface area contributed by atoms with E-state index in [0.29, 0.717) is 11.3 Å². The maximum Gasteiger partial charge on any atom is 0.273 e. The average molecular weight is 473 g/mol. The molecule has 33 heavy (non-hydrogen) atoms. The zero-order valence-electron chi connectivity index (χ0n) is 17.7. The normalized spacial score (nSPS) is 11.0. The third-order valence-electron chi connectivity index (χ3n) is 4.74. The number of amides is 1. The van der Waals surface area contributed by atoms with E-state index in [1.54, 1.807) is 0 Å². The predicted octanol–water partition coefficient (Wildman–Crippen LogP) is 3.88. The summed E-state index contributed by atoms with van der Waals surface area (Å²) in [5.74, 6) is -0.711. The maximum atomic E-state index is 13.4. The first-order valence-electron chi connectivity index (χ1n) is 9.59. The van der Waals surface area contributed by atoms with Crippen molar-refractivity contribution in [1.82, 2.24) is 0 Å². The van der Waals surface area contributed by atoms with E-state index in [0.717, 1.165) is 22.5 Å². The molecule has 9 nitrogen and oxygen atoms in total. The van der Waals surface area contributed by atoms with E-state index >= 15 is 0 Å². The number of rotatable bonds is 8. The second kappa shape index (κ2) is 9.65. The molecule has 0 bridgehead atoms. The van der Waals surface area contributed by atoms with E-state index in [1.165, 1.54) is 62.6 Å². The van der Waals surface area contributed by atoms with Crippen LogP contribution in [0.15, 0.2) is 71.6 Å². The highest BCUT2D eigenvalue weighted by molar-refractivity contribution is 7.92. The topological polar surface area (TPSA) is 119 Å². The van der Waals surface area contributed by atoms with Gasteiger partial charge in [0.25, 0.3) is 15.7 Å². The van der Waals surface area contributed by atoms with Crippen molar-refractivity contribution in [3.8, 4) is 5.75 Å². The van der Waals surface area contributed by atoms with E-state index in [-0.39, 0.29) is 22.0 Å². The molecular formula is C22H20FN3O6S. The summed E-state index contributed by atoms with van der Waals surface area (Å²) in [5, 5.41) is 13.8. The van der Waals surface area contributed by atoms with Crippen LogP contribution >= 0.6 is 0 Å². The maximum absolute atomic E-state index is 13.4. The number of aryl methyl sites for hydroxylation is 1. The summed E-state index contributed by atoms with van der Waals surface area (Å²) in [4.78, 5) is 23.0. The lowest BCUT2D eigenvalue weighted by atomic mass is 10.2. The summed E-state index contributed by atoms with van der Waals surface area (Å²) >= 11 is 0. The fraction of sp³-hybridized carbons (Fsp3) is 0.136. The first kappa shape index (κ1) is 23.7. The highest BCUT2D eigenvalue weighted by atomic mass is 32.2. The quantitative estimate of drug-likeness (QED) is 0.392. The van der Waals surface area contributed by atoms with Crippen LogP contribution in [0.5, 0.6) is 5.75 Å². The Bertz CT molecular complexity index is 1280. The molecule has 0 atom stereocenters. The lowest BCUT2D eigenvalue weighted by molar-refractivity contribution is -0.385. The third kappa shape index (κ3) is 5.44. The fourth-order valence-corrected chi connectivity index (χ4v) is 4.44. The molecule has 3 rings (SSSR count). The van der Waals surface area contributed by atoms with Crippen LogP contribution in [-0.4, -0.2) is 32.9 Å². The Hall–Kier alpha value is -3.99. The molecule has 3 aromatic rings. The number of ether oxygens (including phenoxy) is 1. The zero-order chi connectivity index (χ0) is 24.2. The SMILES string of the molecule is COc1ccc(N(CC(=O)Nc2ccc(F)cc2)S(=O)(=O)c2ccc(C)c([N+](=O)[O-])c2)cc1. The first-order chi connectivity index (χ1) is 15.6. The van der Waals surface area contributed by atoms with Gasteiger partial charge in [-0.05, 0) is 61.5 Å². The number of carbonyl (C=O) groups is 1. The second-order valence-electron chi connectivity index (χ2n) is 6.97. The van der Waals surface area contributed by atoms with Crippen molar-refractivity contribution in [3.05, 3.63) is 88.2 Å². The molecule has 0 aliphatic carbocycles. The number of halogens is 1. The van der Waals surface area contributed by atoms with Gasteiger partial charge in [-0.15, -0.1) is 0 Å². The minimum Gasteiger partial charge on any atom is -0.497 e. The van der Waals surface area contributed by atoms with Crippen molar-refractivity contribution in [2.75, 3.05) is 23.3 Å². The van der Waals surface area contributed by atoms with Crippen LogP contribution in [0.2, 0.25) is 0 Å². The number of nitrogens with one attached hydrogen (secondary N) is 1. The molecule has 0 saturated carbocycles. The molecular weight excluding hydrogens is 453 g/mol. The van der Waals surface area contributed by atoms with Crippen molar-refractivity contribution in [2.45, 2.75) is 11.8 Å². The van der Waals surface area contributed by atoms with Crippen LogP contribution in [0.4, 0.5) is 21.5 Å². The van der Waals surface area contributed by atoms with E-state index in [2.05, 4.69) is 5.32 Å². The molecule has 3 aromatic carbocycles. The van der Waals surface area contributed by atoms with Crippen LogP contribution in [0.1, 0.15) is 5.56 Å². The van der Waals surface area contributed by atoms with E-state index < -0.39 is 33.2 Å². The zero-order valence-corrected chi connectivity index (χ0v) is 18.5. The summed E-state index contributed by atoms with van der Waals surface area (Å²) in [5.41, 5.74) is 0.359. The molecule has 0 saturated heterocycles. The van der Waals surface area contributed by atoms with Gasteiger partial charge < -0.3 is 10.1 Å². The van der Waals surface area contributed by atoms with Crippen LogP contribution in [-0.2, 0) is 14.8 Å². The Morgan fingerprint density at radius 3 is 2.30 bits per heavy atom. The molecule has 0 heterocycles. The van der Waals surface area contributed by atoms with Gasteiger partial charge >= 0.3 is 0 Å². The lowest BCUT2D eigenvalue weighted by Crippen LogP contribution is -2.38. The Balaban J connectivity index is 2.00. The molecule has 0 aromatic heterocycles. The second-order valence-corrected chi connectivity index (χ2v) is 8.83. The summed E-state index contributed by atoms with van der Waals surface area (Å²) in [6, 6.07) is 14.4. The molecule has 0 aliphatic rings. The standard InChI is InChI=1S/C22H20FN3O6S/c1-15-3-12-20(13-21(15)26(28)29)33(30,31)25(18-8-10-19(32-2)11-9-18)14-22(27)24-17-6-4-16(23)5-7-17/h3-13H,14H2,1-2H3,(H,24,27). The van der Waals surface area contributed by atoms with Crippen LogP contribution in [0.25, 0.3) is 0 Å². The van der Waals surface area contributed by atoms with Crippen molar-refractivity contribution >= 4 is 33.0 Å². The predicted molar refractivity (Wildman–Crippen MR) is 120 cm³/mol. The van der Waals surface area contributed by atoms with E-state index in [9.17, 15) is 27.7 Å². The van der Waals surface area contributed by atoms with Crippen LogP contribution in [0, 0.1) is 22.9 Å². The van der Waals surface area contributed by atoms with Gasteiger partial charge in [-0.2, -0.15) is 0 Å². The Labute approximate surface area is 189 Å². The van der Waals surface area contributed by atoms with Crippen molar-refractivity contribution in [2.24, 2.45) is 0 Å². The van der Waals surface area contributed by atoms with Gasteiger partial charge in [-0.1, -0.05) is 6.07 Å². The van der Waals surface area contributed by atoms with Gasteiger partial charge in [0.1, 0.15) is 18.1 Å². The number of anilines is 2. The van der Waals surface area contributed by atoms with Crippen molar-refractivity contribution in [1.29, 1.82) is 0 Å². The Kier molecular flexibility index (Phi) is 6.92. The van der Waals surface area contributed by atoms with Crippen molar-refractivity contribution < 1.29 is 27.3 Å². The average Bonchev–Trinajstić information content (AvgIpc) is 2.79. The lowest BCUT2D eigenvalue weighted by Gasteiger charge is -2.24. The van der Waals surface area contributed by atoms with Crippen molar-refractivity contribution in [3.63, 3.8) is 0 Å². The molecule has 0 unspecified atom stereocenters. The molecule has 172 valence electrons. The first-order valence-corrected chi connectivity index (χ1v) is 11.0. The molecule has 1 amide bonds. The third-order valence-corrected chi connectivity index (χ3v) is 6.51. The fourth-order valence-electron chi connectivity index (χ4n) is 3.00. The number of carbonyl (C=O) groups excluding carboxylic acids is 1. The summed E-state index contributed by atoms with van der Waals surface area (Å²) in [7, 11) is -2.92. The number of methoxy groups -OCH3 is 1. The summed E-state index contributed by atoms with van der Waals surface area (Å²) in [6.07, 6.45) is 0. The Morgan fingerprint density at radius 1 is 1.09 bits per heavy atom.